The summed E-state index contributed by atoms with van der Waals surface area (Å²) in [6.07, 6.45) is -3.23. The third kappa shape index (κ3) is 5.60. The molecule has 1 heterocycles. The van der Waals surface area contributed by atoms with Crippen molar-refractivity contribution in [1.82, 2.24) is 9.88 Å². The number of anilines is 2. The number of halogens is 4. The summed E-state index contributed by atoms with van der Waals surface area (Å²) in [7, 11) is 3.86. The number of rotatable bonds is 6. The van der Waals surface area contributed by atoms with Gasteiger partial charge >= 0.3 is 6.18 Å². The van der Waals surface area contributed by atoms with Gasteiger partial charge in [-0.1, -0.05) is 11.6 Å². The number of carbonyl (C=O) groups is 1. The molecular formula is C17H18ClF3N4O. The molecule has 0 spiro atoms. The fraction of sp³-hybridized carbons (Fsp3) is 0.294. The zero-order valence-electron chi connectivity index (χ0n) is 14.2. The van der Waals surface area contributed by atoms with Gasteiger partial charge < -0.3 is 15.5 Å². The van der Waals surface area contributed by atoms with E-state index in [1.54, 1.807) is 6.07 Å². The van der Waals surface area contributed by atoms with Gasteiger partial charge in [0.25, 0.3) is 5.91 Å². The van der Waals surface area contributed by atoms with Gasteiger partial charge in [0.15, 0.2) is 0 Å². The smallest absolute Gasteiger partial charge is 0.384 e. The maximum Gasteiger partial charge on any atom is 0.418 e. The highest BCUT2D eigenvalue weighted by Crippen LogP contribution is 2.36. The number of nitrogens with zero attached hydrogens (tertiary/aromatic N) is 2. The second-order valence-corrected chi connectivity index (χ2v) is 6.24. The Kier molecular flexibility index (Phi) is 6.44. The number of benzene rings is 1. The van der Waals surface area contributed by atoms with Gasteiger partial charge in [0.1, 0.15) is 5.69 Å². The van der Waals surface area contributed by atoms with Gasteiger partial charge in [-0.3, -0.25) is 9.78 Å². The van der Waals surface area contributed by atoms with Crippen molar-refractivity contribution in [3.63, 3.8) is 0 Å². The van der Waals surface area contributed by atoms with Crippen LogP contribution in [0.3, 0.4) is 0 Å². The average molecular weight is 387 g/mol. The van der Waals surface area contributed by atoms with Crippen LogP contribution in [0.15, 0.2) is 36.5 Å². The molecule has 5 nitrogen and oxygen atoms in total. The standard InChI is InChI=1S/C17H18ClF3N4O/c1-25(2)8-7-22-12-5-6-23-15(10-12)16(26)24-14-4-3-11(18)9-13(14)17(19,20)21/h3-6,9-10H,7-8H2,1-2H3,(H,22,23)(H,24,26). The van der Waals surface area contributed by atoms with E-state index in [9.17, 15) is 18.0 Å². The Hall–Kier alpha value is -2.32. The molecule has 2 N–H and O–H groups in total. The van der Waals surface area contributed by atoms with Crippen molar-refractivity contribution in [2.45, 2.75) is 6.18 Å². The van der Waals surface area contributed by atoms with E-state index in [0.717, 1.165) is 18.7 Å². The molecule has 0 radical (unpaired) electrons. The van der Waals surface area contributed by atoms with Crippen LogP contribution in [0.2, 0.25) is 5.02 Å². The minimum atomic E-state index is -4.64. The van der Waals surface area contributed by atoms with Gasteiger partial charge in [-0.25, -0.2) is 0 Å². The highest BCUT2D eigenvalue weighted by Gasteiger charge is 2.34. The first-order chi connectivity index (χ1) is 12.2. The molecule has 0 unspecified atom stereocenters. The molecule has 0 bridgehead atoms. The first-order valence-corrected chi connectivity index (χ1v) is 8.07. The van der Waals surface area contributed by atoms with E-state index in [1.807, 2.05) is 19.0 Å². The molecule has 2 aromatic rings. The second kappa shape index (κ2) is 8.37. The van der Waals surface area contributed by atoms with Crippen molar-refractivity contribution in [2.24, 2.45) is 0 Å². The molecule has 0 atom stereocenters. The van der Waals surface area contributed by atoms with E-state index < -0.39 is 17.6 Å². The van der Waals surface area contributed by atoms with E-state index in [4.69, 9.17) is 11.6 Å². The number of amides is 1. The van der Waals surface area contributed by atoms with E-state index in [-0.39, 0.29) is 16.4 Å². The number of alkyl halides is 3. The van der Waals surface area contributed by atoms with Gasteiger partial charge in [0, 0.05) is 30.0 Å². The molecule has 1 aromatic heterocycles. The van der Waals surface area contributed by atoms with E-state index in [0.29, 0.717) is 12.2 Å². The molecule has 1 amide bonds. The zero-order chi connectivity index (χ0) is 19.3. The third-order valence-electron chi connectivity index (χ3n) is 3.42. The average Bonchev–Trinajstić information content (AvgIpc) is 2.55. The van der Waals surface area contributed by atoms with Gasteiger partial charge in [0.05, 0.1) is 11.3 Å². The number of nitrogens with one attached hydrogen (secondary N) is 2. The summed E-state index contributed by atoms with van der Waals surface area (Å²) >= 11 is 5.63. The Balaban J connectivity index is 2.16. The highest BCUT2D eigenvalue weighted by atomic mass is 35.5. The lowest BCUT2D eigenvalue weighted by atomic mass is 10.1. The minimum Gasteiger partial charge on any atom is -0.384 e. The Labute approximate surface area is 154 Å². The van der Waals surface area contributed by atoms with Crippen molar-refractivity contribution >= 4 is 28.9 Å². The number of likely N-dealkylation sites (N-methyl/N-ethyl adjacent to an activating group) is 1. The number of hydrogen-bond acceptors (Lipinski definition) is 4. The van der Waals surface area contributed by atoms with E-state index in [2.05, 4.69) is 15.6 Å². The summed E-state index contributed by atoms with van der Waals surface area (Å²) in [5.41, 5.74) is -0.736. The quantitative estimate of drug-likeness (QED) is 0.788. The van der Waals surface area contributed by atoms with Gasteiger partial charge in [-0.05, 0) is 44.4 Å². The van der Waals surface area contributed by atoms with E-state index in [1.165, 1.54) is 18.3 Å². The first-order valence-electron chi connectivity index (χ1n) is 7.69. The Bertz CT molecular complexity index is 781. The fourth-order valence-electron chi connectivity index (χ4n) is 2.13. The van der Waals surface area contributed by atoms with Crippen molar-refractivity contribution < 1.29 is 18.0 Å². The maximum absolute atomic E-state index is 13.1. The SMILES string of the molecule is CN(C)CCNc1ccnc(C(=O)Nc2ccc(Cl)cc2C(F)(F)F)c1. The summed E-state index contributed by atoms with van der Waals surface area (Å²) in [5, 5.41) is 5.30. The molecule has 0 aliphatic carbocycles. The van der Waals surface area contributed by atoms with Crippen molar-refractivity contribution in [1.29, 1.82) is 0 Å². The molecule has 0 aliphatic heterocycles. The number of aromatic nitrogens is 1. The molecule has 140 valence electrons. The predicted molar refractivity (Wildman–Crippen MR) is 95.7 cm³/mol. The second-order valence-electron chi connectivity index (χ2n) is 5.80. The molecule has 0 aliphatic rings. The molecular weight excluding hydrogens is 369 g/mol. The lowest BCUT2D eigenvalue weighted by Crippen LogP contribution is -2.21. The van der Waals surface area contributed by atoms with Crippen LogP contribution in [0.1, 0.15) is 16.1 Å². The summed E-state index contributed by atoms with van der Waals surface area (Å²) in [6.45, 7) is 1.43. The lowest BCUT2D eigenvalue weighted by molar-refractivity contribution is -0.136. The summed E-state index contributed by atoms with van der Waals surface area (Å²) in [6, 6.07) is 6.31. The summed E-state index contributed by atoms with van der Waals surface area (Å²) < 4.78 is 39.3. The van der Waals surface area contributed by atoms with Gasteiger partial charge in [-0.15, -0.1) is 0 Å². The molecule has 2 rings (SSSR count). The van der Waals surface area contributed by atoms with Crippen LogP contribution in [0.4, 0.5) is 24.5 Å². The zero-order valence-corrected chi connectivity index (χ0v) is 14.9. The van der Waals surface area contributed by atoms with Crippen LogP contribution in [0.25, 0.3) is 0 Å². The first kappa shape index (κ1) is 20.0. The molecule has 1 aromatic carbocycles. The number of carbonyl (C=O) groups excluding carboxylic acids is 1. The monoisotopic (exact) mass is 386 g/mol. The molecule has 0 saturated carbocycles. The summed E-state index contributed by atoms with van der Waals surface area (Å²) in [4.78, 5) is 18.2. The Morgan fingerprint density at radius 3 is 2.62 bits per heavy atom. The van der Waals surface area contributed by atoms with Crippen molar-refractivity contribution in [3.8, 4) is 0 Å². The predicted octanol–water partition coefficient (Wildman–Crippen LogP) is 3.98. The summed E-state index contributed by atoms with van der Waals surface area (Å²) in [5.74, 6) is -0.742. The topological polar surface area (TPSA) is 57.3 Å². The van der Waals surface area contributed by atoms with Crippen LogP contribution < -0.4 is 10.6 Å². The van der Waals surface area contributed by atoms with Crippen LogP contribution in [0.5, 0.6) is 0 Å². The molecule has 9 heteroatoms. The number of pyridine rings is 1. The highest BCUT2D eigenvalue weighted by molar-refractivity contribution is 6.30. The van der Waals surface area contributed by atoms with Crippen molar-refractivity contribution in [2.75, 3.05) is 37.8 Å². The van der Waals surface area contributed by atoms with Crippen LogP contribution in [0, 0.1) is 0 Å². The van der Waals surface area contributed by atoms with Crippen molar-refractivity contribution in [3.05, 3.63) is 52.8 Å². The third-order valence-corrected chi connectivity index (χ3v) is 3.65. The van der Waals surface area contributed by atoms with Crippen LogP contribution in [-0.4, -0.2) is 43.0 Å². The van der Waals surface area contributed by atoms with E-state index >= 15 is 0 Å². The van der Waals surface area contributed by atoms with Gasteiger partial charge in [0.2, 0.25) is 0 Å². The Morgan fingerprint density at radius 1 is 1.23 bits per heavy atom. The largest absolute Gasteiger partial charge is 0.418 e. The maximum atomic E-state index is 13.1. The number of hydrogen-bond donors (Lipinski definition) is 2. The Morgan fingerprint density at radius 2 is 1.96 bits per heavy atom. The molecule has 26 heavy (non-hydrogen) atoms. The van der Waals surface area contributed by atoms with Crippen LogP contribution in [-0.2, 0) is 6.18 Å². The fourth-order valence-corrected chi connectivity index (χ4v) is 2.31. The lowest BCUT2D eigenvalue weighted by Gasteiger charge is -2.14. The molecule has 0 fully saturated rings. The molecule has 0 saturated heterocycles. The van der Waals surface area contributed by atoms with Crippen LogP contribution >= 0.6 is 11.6 Å². The normalized spacial score (nSPS) is 11.5. The minimum absolute atomic E-state index is 0.00271. The van der Waals surface area contributed by atoms with Gasteiger partial charge in [-0.2, -0.15) is 13.2 Å².